The Morgan fingerprint density at radius 2 is 2.04 bits per heavy atom. The summed E-state index contributed by atoms with van der Waals surface area (Å²) >= 11 is 0. The van der Waals surface area contributed by atoms with Crippen molar-refractivity contribution >= 4 is 11.9 Å². The zero-order valence-electron chi connectivity index (χ0n) is 13.6. The van der Waals surface area contributed by atoms with E-state index in [0.717, 1.165) is 18.4 Å². The van der Waals surface area contributed by atoms with Gasteiger partial charge < -0.3 is 10.0 Å². The number of carbonyl (C=O) groups excluding carboxylic acids is 1. The molecular weight excluding hydrogens is 306 g/mol. The molecule has 0 radical (unpaired) electrons. The third-order valence-electron chi connectivity index (χ3n) is 6.07. The van der Waals surface area contributed by atoms with Crippen molar-refractivity contribution in [3.05, 3.63) is 35.9 Å². The van der Waals surface area contributed by atoms with Crippen molar-refractivity contribution in [1.29, 1.82) is 0 Å². The van der Waals surface area contributed by atoms with Gasteiger partial charge in [-0.3, -0.25) is 15.0 Å². The number of hydrazine groups is 1. The SMILES string of the molecule is O=C(C1CNNC1c1ccccc1)N1C[C@@H]2CCC[C@@]2(C(=O)O)C1. The smallest absolute Gasteiger partial charge is 0.311 e. The van der Waals surface area contributed by atoms with E-state index in [1.807, 2.05) is 30.3 Å². The molecule has 4 atom stereocenters. The number of hydrogen-bond donors (Lipinski definition) is 3. The molecular formula is C18H23N3O3. The van der Waals surface area contributed by atoms with Crippen molar-refractivity contribution < 1.29 is 14.7 Å². The molecule has 2 saturated heterocycles. The van der Waals surface area contributed by atoms with Crippen molar-refractivity contribution in [3.8, 4) is 0 Å². The van der Waals surface area contributed by atoms with Crippen LogP contribution in [0.25, 0.3) is 0 Å². The molecule has 3 aliphatic rings. The molecule has 1 aromatic carbocycles. The maximum Gasteiger partial charge on any atom is 0.311 e. The minimum Gasteiger partial charge on any atom is -0.481 e. The van der Waals surface area contributed by atoms with Gasteiger partial charge in [-0.15, -0.1) is 0 Å². The van der Waals surface area contributed by atoms with Crippen molar-refractivity contribution in [2.24, 2.45) is 17.3 Å². The van der Waals surface area contributed by atoms with E-state index in [4.69, 9.17) is 0 Å². The van der Waals surface area contributed by atoms with Crippen molar-refractivity contribution in [2.75, 3.05) is 19.6 Å². The van der Waals surface area contributed by atoms with Crippen molar-refractivity contribution in [3.63, 3.8) is 0 Å². The second-order valence-corrected chi connectivity index (χ2v) is 7.29. The number of aliphatic carboxylic acids is 1. The Labute approximate surface area is 141 Å². The summed E-state index contributed by atoms with van der Waals surface area (Å²) in [5.74, 6) is -0.757. The molecule has 1 amide bonds. The van der Waals surface area contributed by atoms with E-state index in [-0.39, 0.29) is 23.8 Å². The minimum atomic E-state index is -0.734. The van der Waals surface area contributed by atoms with E-state index < -0.39 is 11.4 Å². The number of fused-ring (bicyclic) bond motifs is 1. The fourth-order valence-corrected chi connectivity index (χ4v) is 4.74. The monoisotopic (exact) mass is 329 g/mol. The predicted molar refractivity (Wildman–Crippen MR) is 87.8 cm³/mol. The molecule has 0 bridgehead atoms. The molecule has 1 aromatic rings. The first kappa shape index (κ1) is 15.6. The van der Waals surface area contributed by atoms with Gasteiger partial charge in [0.25, 0.3) is 0 Å². The molecule has 1 aliphatic carbocycles. The van der Waals surface area contributed by atoms with E-state index in [9.17, 15) is 14.7 Å². The summed E-state index contributed by atoms with van der Waals surface area (Å²) in [7, 11) is 0. The van der Waals surface area contributed by atoms with Crippen LogP contribution in [0.15, 0.2) is 30.3 Å². The van der Waals surface area contributed by atoms with Gasteiger partial charge in [0.2, 0.25) is 5.91 Å². The minimum absolute atomic E-state index is 0.0661. The van der Waals surface area contributed by atoms with Crippen molar-refractivity contribution in [2.45, 2.75) is 25.3 Å². The maximum atomic E-state index is 13.1. The molecule has 24 heavy (non-hydrogen) atoms. The highest BCUT2D eigenvalue weighted by atomic mass is 16.4. The lowest BCUT2D eigenvalue weighted by molar-refractivity contribution is -0.149. The van der Waals surface area contributed by atoms with Gasteiger partial charge in [0.05, 0.1) is 17.4 Å². The number of carboxylic acids is 1. The lowest BCUT2D eigenvalue weighted by atomic mass is 9.81. The van der Waals surface area contributed by atoms with Gasteiger partial charge in [-0.05, 0) is 24.3 Å². The van der Waals surface area contributed by atoms with Gasteiger partial charge in [0.15, 0.2) is 0 Å². The standard InChI is InChI=1S/C18H23N3O3/c22-16(14-9-19-20-15(14)12-5-2-1-3-6-12)21-10-13-7-4-8-18(13,11-21)17(23)24/h1-3,5-6,13-15,19-20H,4,7-11H2,(H,23,24)/t13-,14?,15?,18+/m0/s1. The van der Waals surface area contributed by atoms with E-state index in [1.54, 1.807) is 4.90 Å². The largest absolute Gasteiger partial charge is 0.481 e. The average molecular weight is 329 g/mol. The predicted octanol–water partition coefficient (Wildman–Crippen LogP) is 1.16. The van der Waals surface area contributed by atoms with Crippen LogP contribution < -0.4 is 10.9 Å². The van der Waals surface area contributed by atoms with E-state index in [2.05, 4.69) is 10.9 Å². The Morgan fingerprint density at radius 3 is 2.75 bits per heavy atom. The number of benzene rings is 1. The number of hydrogen-bond acceptors (Lipinski definition) is 4. The Kier molecular flexibility index (Phi) is 3.81. The molecule has 6 heteroatoms. The van der Waals surface area contributed by atoms with Crippen LogP contribution in [0.3, 0.4) is 0 Å². The van der Waals surface area contributed by atoms with Gasteiger partial charge in [-0.1, -0.05) is 36.8 Å². The van der Waals surface area contributed by atoms with Gasteiger partial charge >= 0.3 is 5.97 Å². The Morgan fingerprint density at radius 1 is 1.25 bits per heavy atom. The van der Waals surface area contributed by atoms with Gasteiger partial charge in [0, 0.05) is 19.6 Å². The number of amides is 1. The molecule has 6 nitrogen and oxygen atoms in total. The quantitative estimate of drug-likeness (QED) is 0.775. The Hall–Kier alpha value is -1.92. The van der Waals surface area contributed by atoms with E-state index >= 15 is 0 Å². The van der Waals surface area contributed by atoms with E-state index in [1.165, 1.54) is 0 Å². The van der Waals surface area contributed by atoms with Crippen LogP contribution in [0.4, 0.5) is 0 Å². The van der Waals surface area contributed by atoms with Crippen LogP contribution in [0.2, 0.25) is 0 Å². The summed E-state index contributed by atoms with van der Waals surface area (Å²) in [6, 6.07) is 9.86. The number of rotatable bonds is 3. The molecule has 0 spiro atoms. The first-order chi connectivity index (χ1) is 11.6. The topological polar surface area (TPSA) is 81.7 Å². The summed E-state index contributed by atoms with van der Waals surface area (Å²) in [5.41, 5.74) is 6.66. The van der Waals surface area contributed by atoms with Crippen LogP contribution >= 0.6 is 0 Å². The molecule has 3 N–H and O–H groups in total. The molecule has 2 unspecified atom stereocenters. The zero-order valence-corrected chi connectivity index (χ0v) is 13.6. The van der Waals surface area contributed by atoms with Crippen LogP contribution in [0.5, 0.6) is 0 Å². The first-order valence-corrected chi connectivity index (χ1v) is 8.67. The summed E-state index contributed by atoms with van der Waals surface area (Å²) in [4.78, 5) is 26.7. The summed E-state index contributed by atoms with van der Waals surface area (Å²) in [6.07, 6.45) is 2.57. The highest BCUT2D eigenvalue weighted by Gasteiger charge is 2.56. The fourth-order valence-electron chi connectivity index (χ4n) is 4.74. The third-order valence-corrected chi connectivity index (χ3v) is 6.07. The highest BCUT2D eigenvalue weighted by molar-refractivity contribution is 5.83. The normalized spacial score (nSPS) is 35.2. The van der Waals surface area contributed by atoms with Crippen LogP contribution in [0, 0.1) is 17.3 Å². The zero-order chi connectivity index (χ0) is 16.7. The number of nitrogens with one attached hydrogen (secondary N) is 2. The van der Waals surface area contributed by atoms with Gasteiger partial charge in [0.1, 0.15) is 0 Å². The van der Waals surface area contributed by atoms with Crippen molar-refractivity contribution in [1.82, 2.24) is 15.8 Å². The van der Waals surface area contributed by atoms with E-state index in [0.29, 0.717) is 26.1 Å². The highest BCUT2D eigenvalue weighted by Crippen LogP contribution is 2.49. The summed E-state index contributed by atoms with van der Waals surface area (Å²) in [5, 5.41) is 9.71. The molecule has 2 heterocycles. The summed E-state index contributed by atoms with van der Waals surface area (Å²) < 4.78 is 0. The molecule has 2 aliphatic heterocycles. The number of carboxylic acid groups (broad SMARTS) is 1. The van der Waals surface area contributed by atoms with Crippen LogP contribution in [-0.4, -0.2) is 41.5 Å². The third kappa shape index (κ3) is 2.32. The molecule has 0 aromatic heterocycles. The fraction of sp³-hybridized carbons (Fsp3) is 0.556. The number of nitrogens with zero attached hydrogens (tertiary/aromatic N) is 1. The molecule has 4 rings (SSSR count). The lowest BCUT2D eigenvalue weighted by Gasteiger charge is -2.26. The van der Waals surface area contributed by atoms with Crippen LogP contribution in [-0.2, 0) is 9.59 Å². The number of carbonyl (C=O) groups is 2. The second-order valence-electron chi connectivity index (χ2n) is 7.29. The van der Waals surface area contributed by atoms with Crippen LogP contribution in [0.1, 0.15) is 30.9 Å². The molecule has 1 saturated carbocycles. The maximum absolute atomic E-state index is 13.1. The van der Waals surface area contributed by atoms with Gasteiger partial charge in [-0.2, -0.15) is 0 Å². The number of likely N-dealkylation sites (tertiary alicyclic amines) is 1. The molecule has 3 fully saturated rings. The molecule has 128 valence electrons. The Balaban J connectivity index is 1.53. The Bertz CT molecular complexity index is 650. The van der Waals surface area contributed by atoms with Gasteiger partial charge in [-0.25, -0.2) is 5.43 Å². The first-order valence-electron chi connectivity index (χ1n) is 8.67. The average Bonchev–Trinajstić information content (AvgIpc) is 3.28. The summed E-state index contributed by atoms with van der Waals surface area (Å²) in [6.45, 7) is 1.52. The lowest BCUT2D eigenvalue weighted by Crippen LogP contribution is -2.41. The second kappa shape index (κ2) is 5.86.